The minimum absolute atomic E-state index is 0.264. The van der Waals surface area contributed by atoms with Gasteiger partial charge in [0.05, 0.1) is 0 Å². The van der Waals surface area contributed by atoms with E-state index in [4.69, 9.17) is 13.3 Å². The fourth-order valence-corrected chi connectivity index (χ4v) is 8.74. The molecule has 0 spiro atoms. The molecule has 31 heavy (non-hydrogen) atoms. The fourth-order valence-electron chi connectivity index (χ4n) is 2.05. The van der Waals surface area contributed by atoms with E-state index in [1.807, 2.05) is 0 Å². The smallest absolute Gasteiger partial charge is 0.377 e. The van der Waals surface area contributed by atoms with Gasteiger partial charge in [-0.3, -0.25) is 0 Å². The van der Waals surface area contributed by atoms with Gasteiger partial charge in [0.2, 0.25) is 5.82 Å². The van der Waals surface area contributed by atoms with E-state index in [0.29, 0.717) is 0 Å². The van der Waals surface area contributed by atoms with Gasteiger partial charge >= 0.3 is 14.5 Å². The molecule has 0 amide bonds. The Bertz CT molecular complexity index is 722. The van der Waals surface area contributed by atoms with Crippen LogP contribution >= 0.6 is 0 Å². The van der Waals surface area contributed by atoms with Crippen LogP contribution in [0.1, 0.15) is 26.3 Å². The Balaban J connectivity index is 0.000000581. The van der Waals surface area contributed by atoms with Crippen molar-refractivity contribution in [2.75, 3.05) is 19.8 Å². The van der Waals surface area contributed by atoms with Crippen molar-refractivity contribution in [3.63, 3.8) is 0 Å². The normalized spacial score (nSPS) is 12.2. The molecule has 0 bridgehead atoms. The Morgan fingerprint density at radius 3 is 1.29 bits per heavy atom. The zero-order valence-corrected chi connectivity index (χ0v) is 18.6. The molecule has 0 aliphatic heterocycles. The third kappa shape index (κ3) is 8.17. The second-order valence-corrected chi connectivity index (χ2v) is 12.1. The molecule has 1 aromatic rings. The highest BCUT2D eigenvalue weighted by molar-refractivity contribution is 7.17. The summed E-state index contributed by atoms with van der Waals surface area (Å²) in [5.74, 6) is -13.7. The van der Waals surface area contributed by atoms with E-state index in [2.05, 4.69) is 0 Å². The van der Waals surface area contributed by atoms with Gasteiger partial charge in [-0.25, -0.2) is 26.3 Å². The predicted octanol–water partition coefficient (Wildman–Crippen LogP) is 5.14. The highest BCUT2D eigenvalue weighted by Gasteiger charge is 2.43. The molecule has 0 radical (unpaired) electrons. The van der Waals surface area contributed by atoms with Crippen molar-refractivity contribution >= 4 is 17.4 Å². The van der Waals surface area contributed by atoms with Gasteiger partial charge in [0.25, 0.3) is 6.08 Å². The standard InChI is InChI=1S/C8H17F3O3Si2.C7F8/c1-4-12-16(13-5-2,14-6-3)15-8(11)7(9)10;8-2-1(7(13,14)15)3(9)5(11)6(12)4(2)10/h4-6,15H2,1-3H3;. The van der Waals surface area contributed by atoms with Crippen molar-refractivity contribution in [1.29, 1.82) is 0 Å². The van der Waals surface area contributed by atoms with Gasteiger partial charge in [-0.05, 0) is 20.8 Å². The molecular weight excluding hydrogens is 493 g/mol. The summed E-state index contributed by atoms with van der Waals surface area (Å²) in [6.07, 6.45) is -7.94. The molecule has 0 aliphatic carbocycles. The number of alkyl halides is 3. The summed E-state index contributed by atoms with van der Waals surface area (Å²) in [6, 6.07) is 0. The molecule has 0 atom stereocenters. The summed E-state index contributed by atoms with van der Waals surface area (Å²) >= 11 is 0. The van der Waals surface area contributed by atoms with Crippen molar-refractivity contribution < 1.29 is 61.6 Å². The van der Waals surface area contributed by atoms with Crippen molar-refractivity contribution in [3.05, 3.63) is 46.2 Å². The van der Waals surface area contributed by atoms with Crippen molar-refractivity contribution in [2.45, 2.75) is 26.9 Å². The van der Waals surface area contributed by atoms with Gasteiger partial charge in [0.1, 0.15) is 11.0 Å². The van der Waals surface area contributed by atoms with Crippen molar-refractivity contribution in [2.24, 2.45) is 0 Å². The largest absolute Gasteiger partial charge is 0.470 e. The number of hydrogen-bond donors (Lipinski definition) is 0. The second-order valence-electron chi connectivity index (χ2n) is 5.27. The average molecular weight is 510 g/mol. The van der Waals surface area contributed by atoms with Crippen LogP contribution in [0.2, 0.25) is 0 Å². The topological polar surface area (TPSA) is 27.7 Å². The molecule has 0 fully saturated rings. The van der Waals surface area contributed by atoms with Gasteiger partial charge in [0.15, 0.2) is 32.3 Å². The van der Waals surface area contributed by atoms with Gasteiger partial charge in [-0.2, -0.15) is 22.0 Å². The van der Waals surface area contributed by atoms with Crippen LogP contribution in [-0.4, -0.2) is 37.2 Å². The van der Waals surface area contributed by atoms with E-state index in [9.17, 15) is 48.3 Å². The fraction of sp³-hybridized carbons (Fsp3) is 0.467. The molecule has 0 N–H and O–H groups in total. The van der Waals surface area contributed by atoms with E-state index in [0.717, 1.165) is 0 Å². The maximum atomic E-state index is 13.0. The van der Waals surface area contributed by atoms with Crippen LogP contribution in [0.5, 0.6) is 0 Å². The Morgan fingerprint density at radius 1 is 0.710 bits per heavy atom. The lowest BCUT2D eigenvalue weighted by molar-refractivity contribution is -0.143. The summed E-state index contributed by atoms with van der Waals surface area (Å²) in [5.41, 5.74) is -4.18. The third-order valence-corrected chi connectivity index (χ3v) is 10.4. The lowest BCUT2D eigenvalue weighted by atomic mass is 10.1. The lowest BCUT2D eigenvalue weighted by Gasteiger charge is -2.27. The third-order valence-electron chi connectivity index (χ3n) is 3.16. The number of rotatable bonds is 8. The number of benzene rings is 1. The minimum Gasteiger partial charge on any atom is -0.377 e. The first kappa shape index (κ1) is 29.5. The predicted molar refractivity (Wildman–Crippen MR) is 90.8 cm³/mol. The van der Waals surface area contributed by atoms with Gasteiger partial charge < -0.3 is 13.3 Å². The Kier molecular flexibility index (Phi) is 11.9. The number of hydrogen-bond acceptors (Lipinski definition) is 3. The molecule has 0 unspecified atom stereocenters. The van der Waals surface area contributed by atoms with Crippen LogP contribution in [0, 0.1) is 29.1 Å². The van der Waals surface area contributed by atoms with Gasteiger partial charge in [-0.1, -0.05) is 0 Å². The molecule has 3 nitrogen and oxygen atoms in total. The molecule has 0 saturated heterocycles. The maximum absolute atomic E-state index is 13.0. The summed E-state index contributed by atoms with van der Waals surface area (Å²) in [4.78, 5) is 0. The molecule has 16 heteroatoms. The van der Waals surface area contributed by atoms with Crippen molar-refractivity contribution in [3.8, 4) is 0 Å². The molecule has 1 rings (SSSR count). The molecule has 0 saturated carbocycles. The minimum atomic E-state index is -5.65. The zero-order chi connectivity index (χ0) is 24.6. The maximum Gasteiger partial charge on any atom is 0.470 e. The molecule has 180 valence electrons. The Labute approximate surface area is 172 Å². The first-order valence-electron chi connectivity index (χ1n) is 8.39. The van der Waals surface area contributed by atoms with Crippen molar-refractivity contribution in [1.82, 2.24) is 0 Å². The van der Waals surface area contributed by atoms with Crippen LogP contribution < -0.4 is 0 Å². The zero-order valence-electron chi connectivity index (χ0n) is 16.2. The Morgan fingerprint density at radius 2 is 1.03 bits per heavy atom. The van der Waals surface area contributed by atoms with E-state index < -0.39 is 69.7 Å². The summed E-state index contributed by atoms with van der Waals surface area (Å²) in [5, 5.41) is 0. The summed E-state index contributed by atoms with van der Waals surface area (Å²) < 4.78 is 150. The molecular formula is C15H17F11O3Si2. The average Bonchev–Trinajstić information content (AvgIpc) is 2.65. The SMILES string of the molecule is CCO[Si](OCC)(OCC)[SiH2]C(F)=C(F)F.Fc1c(F)c(F)c(C(F)(F)F)c(F)c1F. The van der Waals surface area contributed by atoms with Crippen LogP contribution in [0.25, 0.3) is 0 Å². The first-order valence-corrected chi connectivity index (χ1v) is 13.1. The van der Waals surface area contributed by atoms with Gasteiger partial charge in [-0.15, -0.1) is 0 Å². The van der Waals surface area contributed by atoms with Crippen LogP contribution in [0.15, 0.2) is 11.5 Å². The monoisotopic (exact) mass is 510 g/mol. The Hall–Kier alpha value is -1.50. The van der Waals surface area contributed by atoms with Crippen LogP contribution in [-0.2, 0) is 19.5 Å². The molecule has 0 aliphatic rings. The van der Waals surface area contributed by atoms with E-state index in [1.54, 1.807) is 20.8 Å². The van der Waals surface area contributed by atoms with Crippen LogP contribution in [0.4, 0.5) is 48.3 Å². The molecule has 1 aromatic carbocycles. The number of halogens is 11. The van der Waals surface area contributed by atoms with Gasteiger partial charge in [0, 0.05) is 19.8 Å². The molecule has 0 aromatic heterocycles. The van der Waals surface area contributed by atoms with E-state index >= 15 is 0 Å². The summed E-state index contributed by atoms with van der Waals surface area (Å²) in [7, 11) is -5.20. The highest BCUT2D eigenvalue weighted by atomic mass is 29.2. The first-order chi connectivity index (χ1) is 14.2. The summed E-state index contributed by atoms with van der Waals surface area (Å²) in [6.45, 7) is 5.88. The van der Waals surface area contributed by atoms with E-state index in [-0.39, 0.29) is 19.8 Å². The lowest BCUT2D eigenvalue weighted by Crippen LogP contribution is -2.52. The molecule has 0 heterocycles. The van der Waals surface area contributed by atoms with Crippen LogP contribution in [0.3, 0.4) is 0 Å². The quantitative estimate of drug-likeness (QED) is 0.210. The second kappa shape index (κ2) is 12.5. The highest BCUT2D eigenvalue weighted by Crippen LogP contribution is 2.36. The van der Waals surface area contributed by atoms with E-state index in [1.165, 1.54) is 0 Å².